The Hall–Kier alpha value is -2.33. The molecule has 0 fully saturated rings. The summed E-state index contributed by atoms with van der Waals surface area (Å²) >= 11 is 2.85. The van der Waals surface area contributed by atoms with Gasteiger partial charge in [-0.2, -0.15) is 13.2 Å². The maximum absolute atomic E-state index is 12.5. The number of aromatic nitrogens is 3. The average molecular weight is 412 g/mol. The molecule has 0 aliphatic heterocycles. The van der Waals surface area contributed by atoms with Gasteiger partial charge in [0.15, 0.2) is 5.16 Å². The SMILES string of the molecule is Cn1c(Cc2cccs2)nnc1SCC(=O)Nc1ccc(C(F)(F)F)cc1. The Morgan fingerprint density at radius 3 is 2.59 bits per heavy atom. The summed E-state index contributed by atoms with van der Waals surface area (Å²) in [6, 6.07) is 8.31. The number of carbonyl (C=O) groups excluding carboxylic acids is 1. The van der Waals surface area contributed by atoms with Crippen molar-refractivity contribution < 1.29 is 18.0 Å². The molecule has 0 bridgehead atoms. The van der Waals surface area contributed by atoms with Gasteiger partial charge in [-0.3, -0.25) is 4.79 Å². The lowest BCUT2D eigenvalue weighted by molar-refractivity contribution is -0.137. The third-order valence-electron chi connectivity index (χ3n) is 3.67. The quantitative estimate of drug-likeness (QED) is 0.616. The van der Waals surface area contributed by atoms with Crippen molar-refractivity contribution in [3.05, 3.63) is 58.0 Å². The van der Waals surface area contributed by atoms with Crippen molar-refractivity contribution in [3.63, 3.8) is 0 Å². The Labute approximate surface area is 161 Å². The van der Waals surface area contributed by atoms with Crippen LogP contribution in [0.3, 0.4) is 0 Å². The minimum atomic E-state index is -4.40. The maximum Gasteiger partial charge on any atom is 0.416 e. The van der Waals surface area contributed by atoms with Gasteiger partial charge in [-0.25, -0.2) is 0 Å². The summed E-state index contributed by atoms with van der Waals surface area (Å²) in [6.07, 6.45) is -3.73. The summed E-state index contributed by atoms with van der Waals surface area (Å²) in [6.45, 7) is 0. The number of thioether (sulfide) groups is 1. The van der Waals surface area contributed by atoms with Crippen molar-refractivity contribution in [1.82, 2.24) is 14.8 Å². The van der Waals surface area contributed by atoms with Crippen LogP contribution in [0.25, 0.3) is 0 Å². The zero-order chi connectivity index (χ0) is 19.4. The predicted octanol–water partition coefficient (Wildman–Crippen LogP) is 4.22. The van der Waals surface area contributed by atoms with Crippen LogP contribution in [0.5, 0.6) is 0 Å². The van der Waals surface area contributed by atoms with Crippen LogP contribution in [0.4, 0.5) is 18.9 Å². The predicted molar refractivity (Wildman–Crippen MR) is 98.9 cm³/mol. The van der Waals surface area contributed by atoms with Crippen molar-refractivity contribution in [1.29, 1.82) is 0 Å². The van der Waals surface area contributed by atoms with E-state index >= 15 is 0 Å². The summed E-state index contributed by atoms with van der Waals surface area (Å²) in [4.78, 5) is 13.2. The van der Waals surface area contributed by atoms with E-state index in [1.54, 1.807) is 11.3 Å². The van der Waals surface area contributed by atoms with Crippen LogP contribution in [-0.2, 0) is 24.4 Å². The van der Waals surface area contributed by atoms with E-state index in [0.29, 0.717) is 17.3 Å². The molecule has 0 saturated heterocycles. The fourth-order valence-corrected chi connectivity index (χ4v) is 3.69. The molecule has 0 aliphatic carbocycles. The molecule has 0 saturated carbocycles. The third kappa shape index (κ3) is 5.10. The molecule has 3 aromatic rings. The number of carbonyl (C=O) groups is 1. The van der Waals surface area contributed by atoms with Gasteiger partial charge in [0.1, 0.15) is 5.82 Å². The second-order valence-corrected chi connectivity index (χ2v) is 7.60. The third-order valence-corrected chi connectivity index (χ3v) is 5.56. The Bertz CT molecular complexity index is 905. The molecule has 2 heterocycles. The Kier molecular flexibility index (Phi) is 5.85. The molecule has 1 N–H and O–H groups in total. The van der Waals surface area contributed by atoms with Crippen LogP contribution in [0.2, 0.25) is 0 Å². The normalized spacial score (nSPS) is 11.6. The molecule has 1 aromatic carbocycles. The van der Waals surface area contributed by atoms with Gasteiger partial charge in [-0.1, -0.05) is 17.8 Å². The van der Waals surface area contributed by atoms with Crippen molar-refractivity contribution in [2.45, 2.75) is 17.8 Å². The van der Waals surface area contributed by atoms with Gasteiger partial charge in [0.05, 0.1) is 11.3 Å². The van der Waals surface area contributed by atoms with Gasteiger partial charge < -0.3 is 9.88 Å². The molecule has 5 nitrogen and oxygen atoms in total. The van der Waals surface area contributed by atoms with Gasteiger partial charge in [-0.05, 0) is 35.7 Å². The van der Waals surface area contributed by atoms with Crippen molar-refractivity contribution >= 4 is 34.7 Å². The van der Waals surface area contributed by atoms with E-state index in [2.05, 4.69) is 15.5 Å². The lowest BCUT2D eigenvalue weighted by atomic mass is 10.2. The number of benzene rings is 1. The Balaban J connectivity index is 1.54. The molecule has 142 valence electrons. The number of amides is 1. The Morgan fingerprint density at radius 2 is 1.96 bits per heavy atom. The van der Waals surface area contributed by atoms with Crippen LogP contribution in [0, 0.1) is 0 Å². The largest absolute Gasteiger partial charge is 0.416 e. The smallest absolute Gasteiger partial charge is 0.325 e. The van der Waals surface area contributed by atoms with Crippen molar-refractivity contribution in [2.75, 3.05) is 11.1 Å². The number of nitrogens with one attached hydrogen (secondary N) is 1. The standard InChI is InChI=1S/C17H15F3N4OS2/c1-24-14(9-13-3-2-8-26-13)22-23-16(24)27-10-15(25)21-12-6-4-11(5-7-12)17(18,19)20/h2-8H,9-10H2,1H3,(H,21,25). The van der Waals surface area contributed by atoms with Crippen LogP contribution >= 0.6 is 23.1 Å². The molecule has 27 heavy (non-hydrogen) atoms. The monoisotopic (exact) mass is 412 g/mol. The highest BCUT2D eigenvalue weighted by atomic mass is 32.2. The number of nitrogens with zero attached hydrogens (tertiary/aromatic N) is 3. The number of hydrogen-bond acceptors (Lipinski definition) is 5. The zero-order valence-electron chi connectivity index (χ0n) is 14.2. The van der Waals surface area contributed by atoms with Crippen LogP contribution in [0.15, 0.2) is 46.9 Å². The molecule has 2 aromatic heterocycles. The highest BCUT2D eigenvalue weighted by Gasteiger charge is 2.30. The van der Waals surface area contributed by atoms with Gasteiger partial charge in [0.25, 0.3) is 0 Å². The second-order valence-electron chi connectivity index (χ2n) is 5.63. The van der Waals surface area contributed by atoms with E-state index in [-0.39, 0.29) is 11.7 Å². The zero-order valence-corrected chi connectivity index (χ0v) is 15.8. The van der Waals surface area contributed by atoms with Gasteiger partial charge in [0, 0.05) is 24.0 Å². The van der Waals surface area contributed by atoms with E-state index in [4.69, 9.17) is 0 Å². The van der Waals surface area contributed by atoms with Gasteiger partial charge in [0.2, 0.25) is 5.91 Å². The summed E-state index contributed by atoms with van der Waals surface area (Å²) in [5.74, 6) is 0.539. The second kappa shape index (κ2) is 8.13. The molecular weight excluding hydrogens is 397 g/mol. The fourth-order valence-electron chi connectivity index (χ4n) is 2.26. The molecule has 3 rings (SSSR count). The number of thiophene rings is 1. The maximum atomic E-state index is 12.5. The number of alkyl halides is 3. The minimum absolute atomic E-state index is 0.0754. The first-order valence-corrected chi connectivity index (χ1v) is 9.70. The first-order valence-electron chi connectivity index (χ1n) is 7.83. The highest BCUT2D eigenvalue weighted by Crippen LogP contribution is 2.29. The lowest BCUT2D eigenvalue weighted by Crippen LogP contribution is -2.15. The summed E-state index contributed by atoms with van der Waals surface area (Å²) in [5.41, 5.74) is -0.447. The number of hydrogen-bond donors (Lipinski definition) is 1. The highest BCUT2D eigenvalue weighted by molar-refractivity contribution is 7.99. The summed E-state index contributed by atoms with van der Waals surface area (Å²) in [5, 5.41) is 13.4. The van der Waals surface area contributed by atoms with E-state index in [1.807, 2.05) is 29.1 Å². The molecule has 1 amide bonds. The topological polar surface area (TPSA) is 59.8 Å². The average Bonchev–Trinajstić information content (AvgIpc) is 3.24. The van der Waals surface area contributed by atoms with Gasteiger partial charge >= 0.3 is 6.18 Å². The first-order chi connectivity index (χ1) is 12.8. The molecule has 0 radical (unpaired) electrons. The lowest BCUT2D eigenvalue weighted by Gasteiger charge is -2.08. The van der Waals surface area contributed by atoms with E-state index in [1.165, 1.54) is 28.8 Å². The van der Waals surface area contributed by atoms with E-state index in [0.717, 1.165) is 18.0 Å². The molecule has 0 atom stereocenters. The van der Waals surface area contributed by atoms with Crippen molar-refractivity contribution in [2.24, 2.45) is 7.05 Å². The minimum Gasteiger partial charge on any atom is -0.325 e. The summed E-state index contributed by atoms with van der Waals surface area (Å²) < 4.78 is 39.5. The molecule has 0 spiro atoms. The van der Waals surface area contributed by atoms with E-state index < -0.39 is 11.7 Å². The number of halogens is 3. The fraction of sp³-hybridized carbons (Fsp3) is 0.235. The number of anilines is 1. The molecular formula is C17H15F3N4OS2. The molecule has 10 heteroatoms. The van der Waals surface area contributed by atoms with Crippen LogP contribution in [0.1, 0.15) is 16.3 Å². The summed E-state index contributed by atoms with van der Waals surface area (Å²) in [7, 11) is 1.83. The van der Waals surface area contributed by atoms with Crippen LogP contribution in [-0.4, -0.2) is 26.4 Å². The number of rotatable bonds is 6. The Morgan fingerprint density at radius 1 is 1.22 bits per heavy atom. The van der Waals surface area contributed by atoms with Crippen LogP contribution < -0.4 is 5.32 Å². The first kappa shape index (κ1) is 19.4. The van der Waals surface area contributed by atoms with E-state index in [9.17, 15) is 18.0 Å². The molecule has 0 aliphatic rings. The van der Waals surface area contributed by atoms with Gasteiger partial charge in [-0.15, -0.1) is 21.5 Å². The molecule has 0 unspecified atom stereocenters. The van der Waals surface area contributed by atoms with Crippen molar-refractivity contribution in [3.8, 4) is 0 Å².